The van der Waals surface area contributed by atoms with Crippen LogP contribution in [-0.2, 0) is 11.2 Å². The summed E-state index contributed by atoms with van der Waals surface area (Å²) in [5, 5.41) is 8.19. The fourth-order valence-corrected chi connectivity index (χ4v) is 3.30. The number of nitrogens with zero attached hydrogens (tertiary/aromatic N) is 5. The van der Waals surface area contributed by atoms with Crippen molar-refractivity contribution in [2.24, 2.45) is 0 Å². The van der Waals surface area contributed by atoms with Gasteiger partial charge in [-0.2, -0.15) is 0 Å². The van der Waals surface area contributed by atoms with Crippen molar-refractivity contribution in [3.8, 4) is 0 Å². The molecule has 2 aliphatic rings. The lowest BCUT2D eigenvalue weighted by Gasteiger charge is -2.37. The van der Waals surface area contributed by atoms with Gasteiger partial charge in [0.15, 0.2) is 0 Å². The van der Waals surface area contributed by atoms with E-state index in [-0.39, 0.29) is 11.9 Å². The van der Waals surface area contributed by atoms with E-state index in [4.69, 9.17) is 4.42 Å². The normalized spacial score (nSPS) is 21.7. The smallest absolute Gasteiger partial charge is 0.236 e. The highest BCUT2D eigenvalue weighted by atomic mass is 16.4. The number of hydrogen-bond donors (Lipinski definition) is 0. The van der Waals surface area contributed by atoms with Gasteiger partial charge in [-0.15, -0.1) is 10.2 Å². The lowest BCUT2D eigenvalue weighted by molar-refractivity contribution is -0.131. The van der Waals surface area contributed by atoms with Gasteiger partial charge in [-0.3, -0.25) is 14.6 Å². The first kappa shape index (κ1) is 16.4. The minimum atomic E-state index is 0.138. The number of hydrogen-bond acceptors (Lipinski definition) is 6. The van der Waals surface area contributed by atoms with Crippen LogP contribution in [0.15, 0.2) is 4.42 Å². The largest absolute Gasteiger partial charge is 0.424 e. The van der Waals surface area contributed by atoms with E-state index in [0.29, 0.717) is 18.3 Å². The molecule has 2 aliphatic heterocycles. The Morgan fingerprint density at radius 2 is 1.83 bits per heavy atom. The predicted molar refractivity (Wildman–Crippen MR) is 85.9 cm³/mol. The van der Waals surface area contributed by atoms with E-state index < -0.39 is 0 Å². The zero-order valence-electron chi connectivity index (χ0n) is 14.2. The van der Waals surface area contributed by atoms with E-state index in [1.165, 1.54) is 0 Å². The maximum atomic E-state index is 12.2. The second-order valence-electron chi connectivity index (χ2n) is 6.46. The standard InChI is InChI=1S/C16H27N5O2/c1-3-14-17-18-16(23-14)13(2)20-10-8-19(9-11-20)12-15(22)21-6-4-5-7-21/h13H,3-12H2,1-2H3. The lowest BCUT2D eigenvalue weighted by atomic mass is 10.2. The van der Waals surface area contributed by atoms with Crippen molar-refractivity contribution in [2.45, 2.75) is 39.2 Å². The molecule has 128 valence electrons. The summed E-state index contributed by atoms with van der Waals surface area (Å²) >= 11 is 0. The van der Waals surface area contributed by atoms with Crippen molar-refractivity contribution in [3.63, 3.8) is 0 Å². The fraction of sp³-hybridized carbons (Fsp3) is 0.812. The first-order chi connectivity index (χ1) is 11.2. The Hall–Kier alpha value is -1.47. The number of rotatable bonds is 5. The third-order valence-corrected chi connectivity index (χ3v) is 4.91. The van der Waals surface area contributed by atoms with Gasteiger partial charge in [0.25, 0.3) is 0 Å². The molecule has 2 fully saturated rings. The SMILES string of the molecule is CCc1nnc(C(C)N2CCN(CC(=O)N3CCCC3)CC2)o1. The molecule has 1 aromatic rings. The van der Waals surface area contributed by atoms with Crippen molar-refractivity contribution >= 4 is 5.91 Å². The topological polar surface area (TPSA) is 65.7 Å². The molecule has 2 saturated heterocycles. The molecule has 0 spiro atoms. The highest BCUT2D eigenvalue weighted by Gasteiger charge is 2.27. The Balaban J connectivity index is 1.46. The second-order valence-corrected chi connectivity index (χ2v) is 6.46. The summed E-state index contributed by atoms with van der Waals surface area (Å²) in [6.07, 6.45) is 3.08. The molecule has 1 amide bonds. The van der Waals surface area contributed by atoms with E-state index in [1.54, 1.807) is 0 Å². The van der Waals surface area contributed by atoms with Crippen molar-refractivity contribution in [1.29, 1.82) is 0 Å². The average Bonchev–Trinajstić information content (AvgIpc) is 3.26. The number of carbonyl (C=O) groups excluding carboxylic acids is 1. The lowest BCUT2D eigenvalue weighted by Crippen LogP contribution is -2.50. The van der Waals surface area contributed by atoms with Crippen LogP contribution in [0.5, 0.6) is 0 Å². The molecule has 1 atom stereocenters. The molecule has 0 aromatic carbocycles. The first-order valence-corrected chi connectivity index (χ1v) is 8.74. The Morgan fingerprint density at radius 1 is 1.13 bits per heavy atom. The zero-order chi connectivity index (χ0) is 16.2. The molecule has 23 heavy (non-hydrogen) atoms. The predicted octanol–water partition coefficient (Wildman–Crippen LogP) is 0.933. The number of piperazine rings is 1. The molecule has 7 nitrogen and oxygen atoms in total. The number of carbonyl (C=O) groups is 1. The van der Waals surface area contributed by atoms with Gasteiger partial charge < -0.3 is 9.32 Å². The maximum absolute atomic E-state index is 12.2. The van der Waals surface area contributed by atoms with E-state index in [9.17, 15) is 4.79 Å². The average molecular weight is 321 g/mol. The van der Waals surface area contributed by atoms with E-state index in [0.717, 1.165) is 58.5 Å². The van der Waals surface area contributed by atoms with E-state index in [2.05, 4.69) is 26.9 Å². The molecule has 1 aromatic heterocycles. The molecule has 1 unspecified atom stereocenters. The fourth-order valence-electron chi connectivity index (χ4n) is 3.30. The summed E-state index contributed by atoms with van der Waals surface area (Å²) < 4.78 is 5.67. The van der Waals surface area contributed by atoms with Crippen LogP contribution in [0.25, 0.3) is 0 Å². The number of aryl methyl sites for hydroxylation is 1. The molecule has 3 heterocycles. The van der Waals surface area contributed by atoms with Crippen molar-refractivity contribution in [3.05, 3.63) is 11.8 Å². The summed E-state index contributed by atoms with van der Waals surface area (Å²) in [5.41, 5.74) is 0. The molecule has 0 saturated carbocycles. The molecule has 3 rings (SSSR count). The minimum absolute atomic E-state index is 0.138. The highest BCUT2D eigenvalue weighted by molar-refractivity contribution is 5.78. The zero-order valence-corrected chi connectivity index (χ0v) is 14.2. The molecule has 0 N–H and O–H groups in total. The van der Waals surface area contributed by atoms with Crippen molar-refractivity contribution in [2.75, 3.05) is 45.8 Å². The van der Waals surface area contributed by atoms with Gasteiger partial charge in [0, 0.05) is 45.7 Å². The molecule has 7 heteroatoms. The Kier molecular flexibility index (Phi) is 5.27. The van der Waals surface area contributed by atoms with Crippen LogP contribution in [0, 0.1) is 0 Å². The van der Waals surface area contributed by atoms with Crippen LogP contribution < -0.4 is 0 Å². The molecular formula is C16H27N5O2. The third kappa shape index (κ3) is 3.90. The molecule has 0 bridgehead atoms. The van der Waals surface area contributed by atoms with E-state index >= 15 is 0 Å². The summed E-state index contributed by atoms with van der Waals surface area (Å²) in [7, 11) is 0. The summed E-state index contributed by atoms with van der Waals surface area (Å²) in [6, 6.07) is 0.138. The van der Waals surface area contributed by atoms with Gasteiger partial charge >= 0.3 is 0 Å². The van der Waals surface area contributed by atoms with Gasteiger partial charge in [-0.1, -0.05) is 6.92 Å². The Bertz CT molecular complexity index is 518. The van der Waals surface area contributed by atoms with Crippen LogP contribution in [-0.4, -0.2) is 76.6 Å². The highest BCUT2D eigenvalue weighted by Crippen LogP contribution is 2.20. The van der Waals surface area contributed by atoms with Crippen LogP contribution in [0.1, 0.15) is 44.5 Å². The molecule has 0 aliphatic carbocycles. The maximum Gasteiger partial charge on any atom is 0.236 e. The summed E-state index contributed by atoms with van der Waals surface area (Å²) in [5.74, 6) is 1.68. The Morgan fingerprint density at radius 3 is 2.43 bits per heavy atom. The minimum Gasteiger partial charge on any atom is -0.424 e. The van der Waals surface area contributed by atoms with Gasteiger partial charge in [-0.05, 0) is 19.8 Å². The van der Waals surface area contributed by atoms with Gasteiger partial charge in [0.2, 0.25) is 17.7 Å². The number of aromatic nitrogens is 2. The Labute approximate surface area is 137 Å². The quantitative estimate of drug-likeness (QED) is 0.804. The summed E-state index contributed by atoms with van der Waals surface area (Å²) in [4.78, 5) is 18.8. The van der Waals surface area contributed by atoms with Crippen LogP contribution in [0.3, 0.4) is 0 Å². The monoisotopic (exact) mass is 321 g/mol. The van der Waals surface area contributed by atoms with Crippen LogP contribution in [0.2, 0.25) is 0 Å². The summed E-state index contributed by atoms with van der Waals surface area (Å²) in [6.45, 7) is 10.2. The first-order valence-electron chi connectivity index (χ1n) is 8.74. The molecular weight excluding hydrogens is 294 g/mol. The van der Waals surface area contributed by atoms with Crippen molar-refractivity contribution < 1.29 is 9.21 Å². The second kappa shape index (κ2) is 7.40. The third-order valence-electron chi connectivity index (χ3n) is 4.91. The number of amides is 1. The van der Waals surface area contributed by atoms with E-state index in [1.807, 2.05) is 11.8 Å². The van der Waals surface area contributed by atoms with Gasteiger partial charge in [0.1, 0.15) is 0 Å². The van der Waals surface area contributed by atoms with Gasteiger partial charge in [0.05, 0.1) is 12.6 Å². The van der Waals surface area contributed by atoms with Gasteiger partial charge in [-0.25, -0.2) is 0 Å². The van der Waals surface area contributed by atoms with Crippen molar-refractivity contribution in [1.82, 2.24) is 24.9 Å². The number of likely N-dealkylation sites (tertiary alicyclic amines) is 1. The van der Waals surface area contributed by atoms with Crippen LogP contribution >= 0.6 is 0 Å². The van der Waals surface area contributed by atoms with Crippen LogP contribution in [0.4, 0.5) is 0 Å². The molecule has 0 radical (unpaired) electrons.